The Balaban J connectivity index is 1.43. The van der Waals surface area contributed by atoms with E-state index in [2.05, 4.69) is 19.9 Å². The largest absolute Gasteiger partial charge is 0.341 e. The molecule has 2 aliphatic rings. The van der Waals surface area contributed by atoms with Gasteiger partial charge in [0, 0.05) is 44.1 Å². The molecule has 0 spiro atoms. The molecule has 4 rings (SSSR count). The monoisotopic (exact) mass is 424 g/mol. The fourth-order valence-electron chi connectivity index (χ4n) is 3.56. The Bertz CT molecular complexity index is 944. The molecule has 0 bridgehead atoms. The van der Waals surface area contributed by atoms with Gasteiger partial charge in [-0.15, -0.1) is 0 Å². The first-order valence-corrected chi connectivity index (χ1v) is 10.9. The number of carbonyl (C=O) groups is 2. The first-order chi connectivity index (χ1) is 14.6. The number of nitrogens with two attached hydrogens (primary N) is 1. The average molecular weight is 425 g/mol. The molecule has 0 radical (unpaired) electrons. The van der Waals surface area contributed by atoms with Crippen molar-refractivity contribution in [3.63, 3.8) is 0 Å². The highest BCUT2D eigenvalue weighted by Crippen LogP contribution is 2.32. The van der Waals surface area contributed by atoms with Crippen LogP contribution < -0.4 is 10.6 Å². The second-order valence-electron chi connectivity index (χ2n) is 7.35. The summed E-state index contributed by atoms with van der Waals surface area (Å²) in [5.74, 6) is 0.917. The van der Waals surface area contributed by atoms with Crippen LogP contribution in [0.5, 0.6) is 0 Å². The molecule has 2 fully saturated rings. The SMILES string of the molecule is NCC1CCN(c2nccc(/C=C3\SC(=O)N(CCc4ccccn4)C3=O)n2)CC1. The number of thioether (sulfide) groups is 1. The summed E-state index contributed by atoms with van der Waals surface area (Å²) < 4.78 is 0. The number of nitrogens with zero attached hydrogens (tertiary/aromatic N) is 5. The van der Waals surface area contributed by atoms with Crippen LogP contribution in [-0.2, 0) is 11.2 Å². The Morgan fingerprint density at radius 3 is 2.70 bits per heavy atom. The number of carbonyl (C=O) groups excluding carboxylic acids is 2. The molecular weight excluding hydrogens is 400 g/mol. The standard InChI is InChI=1S/C21H24N6O2S/c22-14-15-5-10-26(11-6-15)20-24-9-4-17(25-20)13-18-19(28)27(21(29)30-18)12-7-16-3-1-2-8-23-16/h1-4,8-9,13,15H,5-7,10-12,14,22H2/b18-13-. The van der Waals surface area contributed by atoms with Gasteiger partial charge in [-0.3, -0.25) is 19.5 Å². The summed E-state index contributed by atoms with van der Waals surface area (Å²) >= 11 is 0.947. The normalized spacial score (nSPS) is 19.2. The Labute approximate surface area is 179 Å². The first kappa shape index (κ1) is 20.5. The van der Waals surface area contributed by atoms with E-state index in [1.54, 1.807) is 24.5 Å². The van der Waals surface area contributed by atoms with Crippen molar-refractivity contribution in [2.24, 2.45) is 11.7 Å². The highest BCUT2D eigenvalue weighted by Gasteiger charge is 2.34. The number of imide groups is 1. The zero-order valence-electron chi connectivity index (χ0n) is 16.6. The predicted octanol–water partition coefficient (Wildman–Crippen LogP) is 2.33. The van der Waals surface area contributed by atoms with Crippen molar-refractivity contribution in [1.29, 1.82) is 0 Å². The number of aromatic nitrogens is 3. The lowest BCUT2D eigenvalue weighted by atomic mass is 9.97. The van der Waals surface area contributed by atoms with Crippen molar-refractivity contribution in [1.82, 2.24) is 19.9 Å². The molecule has 156 valence electrons. The molecule has 2 amide bonds. The van der Waals surface area contributed by atoms with Gasteiger partial charge in [-0.1, -0.05) is 6.07 Å². The molecule has 2 saturated heterocycles. The van der Waals surface area contributed by atoms with E-state index in [1.807, 2.05) is 18.2 Å². The van der Waals surface area contributed by atoms with Crippen molar-refractivity contribution in [2.75, 3.05) is 31.1 Å². The maximum Gasteiger partial charge on any atom is 0.293 e. The third-order valence-electron chi connectivity index (χ3n) is 5.37. The topological polar surface area (TPSA) is 105 Å². The van der Waals surface area contributed by atoms with Crippen LogP contribution in [0.25, 0.3) is 6.08 Å². The Morgan fingerprint density at radius 2 is 1.97 bits per heavy atom. The summed E-state index contributed by atoms with van der Waals surface area (Å²) in [5, 5.41) is -0.264. The summed E-state index contributed by atoms with van der Waals surface area (Å²) in [6.07, 6.45) is 7.65. The van der Waals surface area contributed by atoms with Crippen LogP contribution in [0.4, 0.5) is 10.7 Å². The third-order valence-corrected chi connectivity index (χ3v) is 6.27. The average Bonchev–Trinajstić information content (AvgIpc) is 3.05. The van der Waals surface area contributed by atoms with E-state index in [0.717, 1.165) is 43.4 Å². The van der Waals surface area contributed by atoms with Gasteiger partial charge in [0.2, 0.25) is 5.95 Å². The van der Waals surface area contributed by atoms with Gasteiger partial charge < -0.3 is 10.6 Å². The molecule has 8 nitrogen and oxygen atoms in total. The highest BCUT2D eigenvalue weighted by atomic mass is 32.2. The van der Waals surface area contributed by atoms with Gasteiger partial charge in [0.15, 0.2) is 0 Å². The van der Waals surface area contributed by atoms with Gasteiger partial charge in [0.25, 0.3) is 11.1 Å². The van der Waals surface area contributed by atoms with Crippen LogP contribution in [-0.4, -0.2) is 57.2 Å². The van der Waals surface area contributed by atoms with Gasteiger partial charge in [-0.2, -0.15) is 0 Å². The van der Waals surface area contributed by atoms with Crippen LogP contribution in [0.1, 0.15) is 24.2 Å². The fraction of sp³-hybridized carbons (Fsp3) is 0.381. The molecule has 4 heterocycles. The van der Waals surface area contributed by atoms with Gasteiger partial charge in [-0.25, -0.2) is 9.97 Å². The zero-order valence-corrected chi connectivity index (χ0v) is 17.4. The van der Waals surface area contributed by atoms with Crippen LogP contribution in [0.2, 0.25) is 0 Å². The molecule has 0 aromatic carbocycles. The van der Waals surface area contributed by atoms with Crippen molar-refractivity contribution in [3.05, 3.63) is 53.0 Å². The van der Waals surface area contributed by atoms with Gasteiger partial charge in [0.1, 0.15) is 0 Å². The number of amides is 2. The lowest BCUT2D eigenvalue weighted by molar-refractivity contribution is -0.122. The summed E-state index contributed by atoms with van der Waals surface area (Å²) in [7, 11) is 0. The van der Waals surface area contributed by atoms with E-state index < -0.39 is 0 Å². The number of anilines is 1. The maximum absolute atomic E-state index is 12.7. The van der Waals surface area contributed by atoms with Crippen LogP contribution in [0, 0.1) is 5.92 Å². The molecule has 0 saturated carbocycles. The number of rotatable bonds is 6. The minimum absolute atomic E-state index is 0.264. The molecule has 0 aliphatic carbocycles. The number of hydrogen-bond donors (Lipinski definition) is 1. The van der Waals surface area contributed by atoms with E-state index in [1.165, 1.54) is 4.90 Å². The van der Waals surface area contributed by atoms with Gasteiger partial charge in [0.05, 0.1) is 10.6 Å². The summed E-state index contributed by atoms with van der Waals surface area (Å²) in [6, 6.07) is 7.36. The fourth-order valence-corrected chi connectivity index (χ4v) is 4.41. The predicted molar refractivity (Wildman–Crippen MR) is 117 cm³/mol. The van der Waals surface area contributed by atoms with Crippen molar-refractivity contribution >= 4 is 34.9 Å². The Kier molecular flexibility index (Phi) is 6.39. The molecular formula is C21H24N6O2S. The molecule has 9 heteroatoms. The zero-order chi connectivity index (χ0) is 20.9. The van der Waals surface area contributed by atoms with Crippen molar-refractivity contribution in [2.45, 2.75) is 19.3 Å². The number of hydrogen-bond acceptors (Lipinski definition) is 8. The smallest absolute Gasteiger partial charge is 0.293 e. The van der Waals surface area contributed by atoms with E-state index in [-0.39, 0.29) is 11.1 Å². The molecule has 0 atom stereocenters. The lowest BCUT2D eigenvalue weighted by Gasteiger charge is -2.31. The molecule has 2 aromatic heterocycles. The van der Waals surface area contributed by atoms with Gasteiger partial charge >= 0.3 is 0 Å². The number of piperidine rings is 1. The van der Waals surface area contributed by atoms with Crippen molar-refractivity contribution in [3.8, 4) is 0 Å². The van der Waals surface area contributed by atoms with Crippen LogP contribution in [0.3, 0.4) is 0 Å². The quantitative estimate of drug-likeness (QED) is 0.705. The van der Waals surface area contributed by atoms with E-state index >= 15 is 0 Å². The summed E-state index contributed by atoms with van der Waals surface area (Å²) in [6.45, 7) is 2.76. The lowest BCUT2D eigenvalue weighted by Crippen LogP contribution is -2.37. The van der Waals surface area contributed by atoms with E-state index in [0.29, 0.717) is 42.0 Å². The summed E-state index contributed by atoms with van der Waals surface area (Å²) in [5.41, 5.74) is 7.23. The molecule has 30 heavy (non-hydrogen) atoms. The molecule has 2 aromatic rings. The minimum Gasteiger partial charge on any atom is -0.341 e. The van der Waals surface area contributed by atoms with Crippen LogP contribution in [0.15, 0.2) is 41.6 Å². The van der Waals surface area contributed by atoms with E-state index in [4.69, 9.17) is 5.73 Å². The Hall–Kier alpha value is -2.78. The third kappa shape index (κ3) is 4.68. The van der Waals surface area contributed by atoms with E-state index in [9.17, 15) is 9.59 Å². The highest BCUT2D eigenvalue weighted by molar-refractivity contribution is 8.18. The second-order valence-corrected chi connectivity index (χ2v) is 8.35. The first-order valence-electron chi connectivity index (χ1n) is 10.1. The number of pyridine rings is 1. The molecule has 2 N–H and O–H groups in total. The van der Waals surface area contributed by atoms with Crippen LogP contribution >= 0.6 is 11.8 Å². The minimum atomic E-state index is -0.287. The second kappa shape index (κ2) is 9.36. The molecule has 0 unspecified atom stereocenters. The maximum atomic E-state index is 12.7. The Morgan fingerprint density at radius 1 is 1.13 bits per heavy atom. The van der Waals surface area contributed by atoms with Gasteiger partial charge in [-0.05, 0) is 61.3 Å². The van der Waals surface area contributed by atoms with Crippen molar-refractivity contribution < 1.29 is 9.59 Å². The summed E-state index contributed by atoms with van der Waals surface area (Å²) in [4.78, 5) is 42.1. The molecule has 2 aliphatic heterocycles.